The minimum atomic E-state index is -0.0722. The minimum Gasteiger partial charge on any atom is -0.465 e. The van der Waals surface area contributed by atoms with Crippen LogP contribution in [0.2, 0.25) is 0 Å². The average Bonchev–Trinajstić information content (AvgIpc) is 2.32. The molecule has 0 N–H and O–H groups in total. The Bertz CT molecular complexity index is 172. The molecule has 0 aliphatic carbocycles. The summed E-state index contributed by atoms with van der Waals surface area (Å²) in [5, 5.41) is 0. The van der Waals surface area contributed by atoms with Crippen LogP contribution in [0.15, 0.2) is 0 Å². The van der Waals surface area contributed by atoms with Crippen molar-refractivity contribution in [1.29, 1.82) is 0 Å². The fourth-order valence-electron chi connectivity index (χ4n) is 1.70. The quantitative estimate of drug-likeness (QED) is 0.384. The molecule has 0 atom stereocenters. The van der Waals surface area contributed by atoms with Crippen molar-refractivity contribution in [3.05, 3.63) is 0 Å². The molecule has 17 heavy (non-hydrogen) atoms. The van der Waals surface area contributed by atoms with Crippen LogP contribution in [0.4, 0.5) is 0 Å². The highest BCUT2D eigenvalue weighted by molar-refractivity contribution is 7.99. The first-order valence-electron chi connectivity index (χ1n) is 7.04. The number of hydrogen-bond acceptors (Lipinski definition) is 3. The summed E-state index contributed by atoms with van der Waals surface area (Å²) >= 11 is 1.70. The second kappa shape index (κ2) is 13.9. The number of esters is 1. The monoisotopic (exact) mass is 260 g/mol. The summed E-state index contributed by atoms with van der Waals surface area (Å²) in [5.74, 6) is 1.54. The first-order chi connectivity index (χ1) is 8.31. The molecule has 0 saturated carbocycles. The fourth-order valence-corrected chi connectivity index (χ4v) is 2.50. The van der Waals surface area contributed by atoms with E-state index in [1.54, 1.807) is 11.8 Å². The maximum Gasteiger partial charge on any atom is 0.315 e. The third-order valence-corrected chi connectivity index (χ3v) is 3.68. The van der Waals surface area contributed by atoms with Gasteiger partial charge < -0.3 is 4.74 Å². The van der Waals surface area contributed by atoms with Gasteiger partial charge >= 0.3 is 5.97 Å². The Balaban J connectivity index is 3.01. The number of ether oxygens (including phenoxy) is 1. The number of hydrogen-bond donors (Lipinski definition) is 0. The Morgan fingerprint density at radius 1 is 0.941 bits per heavy atom. The van der Waals surface area contributed by atoms with Crippen LogP contribution in [-0.2, 0) is 9.53 Å². The second-order valence-corrected chi connectivity index (χ2v) is 5.44. The van der Waals surface area contributed by atoms with Crippen molar-refractivity contribution in [3.63, 3.8) is 0 Å². The second-order valence-electron chi connectivity index (χ2n) is 4.33. The lowest BCUT2D eigenvalue weighted by molar-refractivity contribution is -0.139. The molecule has 0 rings (SSSR count). The standard InChI is InChI=1S/C14H28O2S/c1-3-5-6-7-8-9-10-11-12-17-13-14(15)16-4-2/h3-13H2,1-2H3. The molecule has 3 heteroatoms. The van der Waals surface area contributed by atoms with Gasteiger partial charge in [-0.05, 0) is 19.1 Å². The van der Waals surface area contributed by atoms with E-state index in [2.05, 4.69) is 6.92 Å². The van der Waals surface area contributed by atoms with Crippen molar-refractivity contribution in [2.45, 2.75) is 65.2 Å². The summed E-state index contributed by atoms with van der Waals surface area (Å²) in [4.78, 5) is 11.0. The molecule has 0 saturated heterocycles. The number of unbranched alkanes of at least 4 members (excludes halogenated alkanes) is 7. The Labute approximate surface area is 111 Å². The van der Waals surface area contributed by atoms with Crippen LogP contribution in [0, 0.1) is 0 Å². The molecule has 0 radical (unpaired) electrons. The first kappa shape index (κ1) is 16.8. The smallest absolute Gasteiger partial charge is 0.315 e. The van der Waals surface area contributed by atoms with Crippen LogP contribution in [0.5, 0.6) is 0 Å². The molecule has 2 nitrogen and oxygen atoms in total. The van der Waals surface area contributed by atoms with Gasteiger partial charge in [-0.2, -0.15) is 11.8 Å². The molecular weight excluding hydrogens is 232 g/mol. The zero-order valence-electron chi connectivity index (χ0n) is 11.5. The van der Waals surface area contributed by atoms with Crippen molar-refractivity contribution < 1.29 is 9.53 Å². The Morgan fingerprint density at radius 2 is 1.53 bits per heavy atom. The molecule has 0 aromatic rings. The molecule has 0 aromatic heterocycles. The van der Waals surface area contributed by atoms with Crippen molar-refractivity contribution in [2.24, 2.45) is 0 Å². The lowest BCUT2D eigenvalue weighted by Gasteiger charge is -2.02. The number of carbonyl (C=O) groups is 1. The van der Waals surface area contributed by atoms with Gasteiger partial charge in [-0.25, -0.2) is 0 Å². The molecule has 0 spiro atoms. The summed E-state index contributed by atoms with van der Waals surface area (Å²) in [6.07, 6.45) is 10.8. The molecule has 0 aliphatic rings. The van der Waals surface area contributed by atoms with Gasteiger partial charge in [-0.1, -0.05) is 51.9 Å². The third-order valence-electron chi connectivity index (χ3n) is 2.67. The Kier molecular flexibility index (Phi) is 13.7. The first-order valence-corrected chi connectivity index (χ1v) is 8.20. The van der Waals surface area contributed by atoms with E-state index in [4.69, 9.17) is 4.74 Å². The highest BCUT2D eigenvalue weighted by Gasteiger charge is 2.00. The van der Waals surface area contributed by atoms with Gasteiger partial charge in [0.15, 0.2) is 0 Å². The van der Waals surface area contributed by atoms with Gasteiger partial charge in [-0.15, -0.1) is 0 Å². The molecule has 102 valence electrons. The van der Waals surface area contributed by atoms with Crippen molar-refractivity contribution in [2.75, 3.05) is 18.1 Å². The van der Waals surface area contributed by atoms with Crippen LogP contribution in [0.25, 0.3) is 0 Å². The van der Waals surface area contributed by atoms with E-state index >= 15 is 0 Å². The van der Waals surface area contributed by atoms with E-state index in [9.17, 15) is 4.79 Å². The van der Waals surface area contributed by atoms with E-state index in [1.165, 1.54) is 51.4 Å². The lowest BCUT2D eigenvalue weighted by Crippen LogP contribution is -2.06. The summed E-state index contributed by atoms with van der Waals surface area (Å²) in [7, 11) is 0. The van der Waals surface area contributed by atoms with Crippen LogP contribution in [0.1, 0.15) is 65.2 Å². The van der Waals surface area contributed by atoms with E-state index < -0.39 is 0 Å². The number of rotatable bonds is 12. The SMILES string of the molecule is CCCCCCCCCCSCC(=O)OCC. The maximum atomic E-state index is 11.0. The molecular formula is C14H28O2S. The van der Waals surface area contributed by atoms with E-state index in [-0.39, 0.29) is 5.97 Å². The van der Waals surface area contributed by atoms with Gasteiger partial charge in [0.05, 0.1) is 12.4 Å². The summed E-state index contributed by atoms with van der Waals surface area (Å²) in [5.41, 5.74) is 0. The molecule has 0 unspecified atom stereocenters. The number of carbonyl (C=O) groups excluding carboxylic acids is 1. The van der Waals surface area contributed by atoms with Crippen molar-refractivity contribution in [3.8, 4) is 0 Å². The summed E-state index contributed by atoms with van der Waals surface area (Å²) < 4.78 is 4.86. The van der Waals surface area contributed by atoms with Gasteiger partial charge in [0.25, 0.3) is 0 Å². The van der Waals surface area contributed by atoms with Gasteiger partial charge in [0.2, 0.25) is 0 Å². The van der Waals surface area contributed by atoms with Crippen LogP contribution in [-0.4, -0.2) is 24.1 Å². The largest absolute Gasteiger partial charge is 0.465 e. The number of thioether (sulfide) groups is 1. The predicted molar refractivity (Wildman–Crippen MR) is 76.6 cm³/mol. The van der Waals surface area contributed by atoms with Crippen LogP contribution in [0.3, 0.4) is 0 Å². The minimum absolute atomic E-state index is 0.0722. The maximum absolute atomic E-state index is 11.0. The third kappa shape index (κ3) is 13.8. The molecule has 0 aromatic carbocycles. The molecule has 0 bridgehead atoms. The lowest BCUT2D eigenvalue weighted by atomic mass is 10.1. The van der Waals surface area contributed by atoms with Crippen molar-refractivity contribution in [1.82, 2.24) is 0 Å². The van der Waals surface area contributed by atoms with Crippen LogP contribution >= 0.6 is 11.8 Å². The highest BCUT2D eigenvalue weighted by atomic mass is 32.2. The normalized spacial score (nSPS) is 10.5. The Hall–Kier alpha value is -0.180. The Morgan fingerprint density at radius 3 is 2.12 bits per heavy atom. The molecule has 0 amide bonds. The van der Waals surface area contributed by atoms with E-state index in [1.807, 2.05) is 6.92 Å². The van der Waals surface area contributed by atoms with Gasteiger partial charge in [0.1, 0.15) is 0 Å². The van der Waals surface area contributed by atoms with Crippen molar-refractivity contribution >= 4 is 17.7 Å². The predicted octanol–water partition coefficient (Wildman–Crippen LogP) is 4.42. The zero-order valence-corrected chi connectivity index (χ0v) is 12.3. The summed E-state index contributed by atoms with van der Waals surface area (Å²) in [6.45, 7) is 4.60. The van der Waals surface area contributed by atoms with E-state index in [0.29, 0.717) is 12.4 Å². The topological polar surface area (TPSA) is 26.3 Å². The molecule has 0 aliphatic heterocycles. The van der Waals surface area contributed by atoms with Crippen LogP contribution < -0.4 is 0 Å². The zero-order chi connectivity index (χ0) is 12.8. The summed E-state index contributed by atoms with van der Waals surface area (Å²) in [6, 6.07) is 0. The average molecular weight is 260 g/mol. The fraction of sp³-hybridized carbons (Fsp3) is 0.929. The molecule has 0 fully saturated rings. The highest BCUT2D eigenvalue weighted by Crippen LogP contribution is 2.11. The van der Waals surface area contributed by atoms with Gasteiger partial charge in [0, 0.05) is 0 Å². The molecule has 0 heterocycles. The van der Waals surface area contributed by atoms with E-state index in [0.717, 1.165) is 5.75 Å². The van der Waals surface area contributed by atoms with Gasteiger partial charge in [-0.3, -0.25) is 4.79 Å².